The van der Waals surface area contributed by atoms with E-state index in [0.717, 1.165) is 57.4 Å². The van der Waals surface area contributed by atoms with Crippen LogP contribution in [0.1, 0.15) is 25.3 Å². The van der Waals surface area contributed by atoms with E-state index in [4.69, 9.17) is 16.3 Å². The van der Waals surface area contributed by atoms with Crippen molar-refractivity contribution in [1.82, 2.24) is 24.3 Å². The largest absolute Gasteiger partial charge is 0.436 e. The van der Waals surface area contributed by atoms with Crippen molar-refractivity contribution in [2.75, 3.05) is 45.8 Å². The minimum absolute atomic E-state index is 0.153. The lowest BCUT2D eigenvalue weighted by Gasteiger charge is -2.43. The summed E-state index contributed by atoms with van der Waals surface area (Å²) < 4.78 is 7.77. The van der Waals surface area contributed by atoms with Crippen molar-refractivity contribution in [3.63, 3.8) is 0 Å². The molecule has 0 amide bonds. The number of piperazine rings is 1. The average Bonchev–Trinajstić information content (AvgIpc) is 3.32. The Balaban J connectivity index is 1.05. The molecule has 1 aromatic carbocycles. The molecular formula is C23H31ClN6O3. The SMILES string of the molecule is C[C@]1(CN2CCN(C3CCN(Cc4ccc(Cl)cc4)CC3)CC2)Cn2cc([N+](=O)[O-])nc2O1. The Labute approximate surface area is 199 Å². The van der Waals surface area contributed by atoms with Crippen molar-refractivity contribution < 1.29 is 9.66 Å². The quantitative estimate of drug-likeness (QED) is 0.470. The van der Waals surface area contributed by atoms with Crippen LogP contribution in [0.4, 0.5) is 5.82 Å². The van der Waals surface area contributed by atoms with E-state index in [1.807, 2.05) is 12.1 Å². The number of nitro groups is 1. The van der Waals surface area contributed by atoms with Gasteiger partial charge in [0.05, 0.1) is 6.54 Å². The number of benzene rings is 1. The molecule has 9 nitrogen and oxygen atoms in total. The van der Waals surface area contributed by atoms with Crippen LogP contribution >= 0.6 is 11.6 Å². The lowest BCUT2D eigenvalue weighted by atomic mass is 10.0. The van der Waals surface area contributed by atoms with Crippen LogP contribution in [0.25, 0.3) is 0 Å². The molecule has 3 aliphatic rings. The first kappa shape index (κ1) is 22.6. The summed E-state index contributed by atoms with van der Waals surface area (Å²) in [4.78, 5) is 22.1. The molecule has 0 spiro atoms. The predicted octanol–water partition coefficient (Wildman–Crippen LogP) is 2.88. The number of imidazole rings is 1. The number of hydrogen-bond acceptors (Lipinski definition) is 7. The van der Waals surface area contributed by atoms with E-state index in [-0.39, 0.29) is 5.82 Å². The number of fused-ring (bicyclic) bond motifs is 1. The highest BCUT2D eigenvalue weighted by molar-refractivity contribution is 6.30. The van der Waals surface area contributed by atoms with Crippen LogP contribution in [0, 0.1) is 10.1 Å². The fourth-order valence-electron chi connectivity index (χ4n) is 5.41. The summed E-state index contributed by atoms with van der Waals surface area (Å²) in [6, 6.07) is 9.20. The average molecular weight is 475 g/mol. The normalized spacial score (nSPS) is 25.2. The zero-order valence-electron chi connectivity index (χ0n) is 19.0. The molecular weight excluding hydrogens is 444 g/mol. The minimum atomic E-state index is -0.479. The number of aromatic nitrogens is 2. The number of nitrogens with zero attached hydrogens (tertiary/aromatic N) is 6. The Morgan fingerprint density at radius 3 is 2.45 bits per heavy atom. The van der Waals surface area contributed by atoms with Gasteiger partial charge in [-0.1, -0.05) is 23.7 Å². The number of piperidine rings is 1. The third-order valence-electron chi connectivity index (χ3n) is 7.11. The molecule has 1 atom stereocenters. The third kappa shape index (κ3) is 5.16. The van der Waals surface area contributed by atoms with Crippen LogP contribution < -0.4 is 4.74 Å². The molecule has 3 aliphatic heterocycles. The van der Waals surface area contributed by atoms with Gasteiger partial charge in [-0.2, -0.15) is 0 Å². The Hall–Kier alpha value is -2.20. The van der Waals surface area contributed by atoms with Gasteiger partial charge in [0, 0.05) is 55.3 Å². The second kappa shape index (κ2) is 9.21. The number of ether oxygens (including phenoxy) is 1. The molecule has 2 aromatic rings. The Bertz CT molecular complexity index is 957. The van der Waals surface area contributed by atoms with Gasteiger partial charge in [0.25, 0.3) is 0 Å². The molecule has 4 heterocycles. The molecule has 10 heteroatoms. The maximum Gasteiger partial charge on any atom is 0.415 e. The van der Waals surface area contributed by atoms with Crippen molar-refractivity contribution in [2.24, 2.45) is 0 Å². The van der Waals surface area contributed by atoms with Gasteiger partial charge in [-0.25, -0.2) is 0 Å². The maximum atomic E-state index is 10.9. The topological polar surface area (TPSA) is 79.9 Å². The van der Waals surface area contributed by atoms with E-state index >= 15 is 0 Å². The number of hydrogen-bond donors (Lipinski definition) is 0. The Kier molecular flexibility index (Phi) is 6.30. The molecule has 2 fully saturated rings. The first-order valence-electron chi connectivity index (χ1n) is 11.7. The summed E-state index contributed by atoms with van der Waals surface area (Å²) in [5, 5.41) is 11.7. The van der Waals surface area contributed by atoms with Crippen molar-refractivity contribution in [2.45, 2.75) is 44.5 Å². The first-order valence-corrected chi connectivity index (χ1v) is 12.1. The van der Waals surface area contributed by atoms with E-state index in [1.54, 1.807) is 4.57 Å². The van der Waals surface area contributed by atoms with Gasteiger partial charge < -0.3 is 14.9 Å². The van der Waals surface area contributed by atoms with E-state index in [0.29, 0.717) is 18.6 Å². The maximum absolute atomic E-state index is 10.9. The minimum Gasteiger partial charge on any atom is -0.436 e. The van der Waals surface area contributed by atoms with Gasteiger partial charge in [0.1, 0.15) is 11.8 Å². The summed E-state index contributed by atoms with van der Waals surface area (Å²) in [5.41, 5.74) is 0.928. The van der Waals surface area contributed by atoms with Crippen LogP contribution in [0.3, 0.4) is 0 Å². The van der Waals surface area contributed by atoms with Gasteiger partial charge in [-0.05, 0) is 55.5 Å². The second-order valence-corrected chi connectivity index (χ2v) is 10.2. The first-order chi connectivity index (χ1) is 15.9. The zero-order chi connectivity index (χ0) is 23.0. The van der Waals surface area contributed by atoms with Gasteiger partial charge >= 0.3 is 11.8 Å². The number of likely N-dealkylation sites (tertiary alicyclic amines) is 1. The van der Waals surface area contributed by atoms with E-state index in [2.05, 4.69) is 38.7 Å². The fourth-order valence-corrected chi connectivity index (χ4v) is 5.54. The highest BCUT2D eigenvalue weighted by Gasteiger charge is 2.42. The van der Waals surface area contributed by atoms with Gasteiger partial charge in [-0.15, -0.1) is 0 Å². The number of rotatable bonds is 6. The summed E-state index contributed by atoms with van der Waals surface area (Å²) in [7, 11) is 0. The van der Waals surface area contributed by atoms with E-state index in [1.165, 1.54) is 24.6 Å². The molecule has 2 saturated heterocycles. The molecule has 0 aliphatic carbocycles. The Morgan fingerprint density at radius 2 is 1.82 bits per heavy atom. The molecule has 0 N–H and O–H groups in total. The molecule has 178 valence electrons. The smallest absolute Gasteiger partial charge is 0.415 e. The Morgan fingerprint density at radius 1 is 1.12 bits per heavy atom. The summed E-state index contributed by atoms with van der Waals surface area (Å²) in [5.74, 6) is -0.153. The van der Waals surface area contributed by atoms with Crippen LogP contribution in [0.2, 0.25) is 5.02 Å². The summed E-state index contributed by atoms with van der Waals surface area (Å²) >= 11 is 6.00. The molecule has 33 heavy (non-hydrogen) atoms. The molecule has 0 radical (unpaired) electrons. The zero-order valence-corrected chi connectivity index (χ0v) is 19.8. The van der Waals surface area contributed by atoms with E-state index in [9.17, 15) is 10.1 Å². The molecule has 5 rings (SSSR count). The lowest BCUT2D eigenvalue weighted by molar-refractivity contribution is -0.389. The second-order valence-electron chi connectivity index (χ2n) is 9.76. The van der Waals surface area contributed by atoms with Gasteiger partial charge in [0.2, 0.25) is 0 Å². The third-order valence-corrected chi connectivity index (χ3v) is 7.37. The van der Waals surface area contributed by atoms with Crippen molar-refractivity contribution in [3.8, 4) is 6.01 Å². The molecule has 0 saturated carbocycles. The van der Waals surface area contributed by atoms with Crippen LogP contribution in [-0.2, 0) is 13.1 Å². The van der Waals surface area contributed by atoms with E-state index < -0.39 is 10.5 Å². The predicted molar refractivity (Wildman–Crippen MR) is 126 cm³/mol. The van der Waals surface area contributed by atoms with Gasteiger partial charge in [-0.3, -0.25) is 19.3 Å². The van der Waals surface area contributed by atoms with Crippen LogP contribution in [0.15, 0.2) is 30.5 Å². The van der Waals surface area contributed by atoms with Gasteiger partial charge in [0.15, 0.2) is 0 Å². The fraction of sp³-hybridized carbons (Fsp3) is 0.609. The molecule has 0 bridgehead atoms. The molecule has 1 aromatic heterocycles. The monoisotopic (exact) mass is 474 g/mol. The van der Waals surface area contributed by atoms with Crippen LogP contribution in [-0.4, -0.2) is 86.6 Å². The highest BCUT2D eigenvalue weighted by Crippen LogP contribution is 2.32. The number of halogens is 1. The van der Waals surface area contributed by atoms with Crippen molar-refractivity contribution in [3.05, 3.63) is 51.2 Å². The lowest BCUT2D eigenvalue weighted by Crippen LogP contribution is -2.56. The summed E-state index contributed by atoms with van der Waals surface area (Å²) in [6.07, 6.45) is 3.90. The van der Waals surface area contributed by atoms with Crippen molar-refractivity contribution >= 4 is 17.4 Å². The summed E-state index contributed by atoms with van der Waals surface area (Å²) in [6.45, 7) is 10.9. The highest BCUT2D eigenvalue weighted by atomic mass is 35.5. The van der Waals surface area contributed by atoms with Crippen LogP contribution in [0.5, 0.6) is 6.01 Å². The van der Waals surface area contributed by atoms with Crippen molar-refractivity contribution in [1.29, 1.82) is 0 Å². The standard InChI is InChI=1S/C23H31ClN6O3/c1-23(17-29-15-21(30(31)32)25-22(29)33-23)16-27-10-12-28(13-11-27)20-6-8-26(9-7-20)14-18-2-4-19(24)5-3-18/h2-5,15,20H,6-14,16-17H2,1H3/t23-/m0/s1. The molecule has 0 unspecified atom stereocenters.